The van der Waals surface area contributed by atoms with Crippen LogP contribution in [0.4, 0.5) is 10.5 Å². The van der Waals surface area contributed by atoms with E-state index in [-0.39, 0.29) is 18.5 Å². The summed E-state index contributed by atoms with van der Waals surface area (Å²) >= 11 is 0. The number of carbonyl (C=O) groups is 2. The predicted octanol–water partition coefficient (Wildman–Crippen LogP) is 3.85. The van der Waals surface area contributed by atoms with Crippen molar-refractivity contribution in [2.75, 3.05) is 38.1 Å². The maximum atomic E-state index is 12.9. The molecule has 2 aliphatic rings. The lowest BCUT2D eigenvalue weighted by atomic mass is 10.0. The van der Waals surface area contributed by atoms with Crippen LogP contribution in [-0.2, 0) is 11.2 Å². The third kappa shape index (κ3) is 4.98. The zero-order chi connectivity index (χ0) is 22.5. The van der Waals surface area contributed by atoms with E-state index in [0.29, 0.717) is 37.7 Å². The van der Waals surface area contributed by atoms with Gasteiger partial charge in [-0.1, -0.05) is 37.6 Å². The second-order valence-electron chi connectivity index (χ2n) is 8.36. The summed E-state index contributed by atoms with van der Waals surface area (Å²) in [5, 5.41) is 3.02. The Hall–Kier alpha value is -3.22. The van der Waals surface area contributed by atoms with Crippen molar-refractivity contribution in [1.29, 1.82) is 0 Å². The largest absolute Gasteiger partial charge is 0.485 e. The van der Waals surface area contributed by atoms with Crippen molar-refractivity contribution in [2.45, 2.75) is 39.2 Å². The number of fused-ring (bicyclic) bond motifs is 1. The average Bonchev–Trinajstić information content (AvgIpc) is 2.83. The molecular weight excluding hydrogens is 406 g/mol. The number of ether oxygens (including phenoxy) is 2. The van der Waals surface area contributed by atoms with Gasteiger partial charge in [-0.05, 0) is 49.1 Å². The molecule has 7 nitrogen and oxygen atoms in total. The number of hydrogen-bond donors (Lipinski definition) is 1. The third-order valence-electron chi connectivity index (χ3n) is 6.01. The van der Waals surface area contributed by atoms with Gasteiger partial charge in [-0.2, -0.15) is 0 Å². The second kappa shape index (κ2) is 9.94. The Labute approximate surface area is 189 Å². The number of amides is 3. The third-order valence-corrected chi connectivity index (χ3v) is 6.01. The van der Waals surface area contributed by atoms with Gasteiger partial charge in [0.25, 0.3) is 5.91 Å². The molecule has 1 atom stereocenters. The monoisotopic (exact) mass is 437 g/mol. The first-order valence-electron chi connectivity index (χ1n) is 11.4. The molecule has 2 heterocycles. The summed E-state index contributed by atoms with van der Waals surface area (Å²) in [5.74, 6) is 1.15. The minimum absolute atomic E-state index is 0.0990. The highest BCUT2D eigenvalue weighted by Gasteiger charge is 2.33. The molecule has 0 bridgehead atoms. The Morgan fingerprint density at radius 1 is 1.03 bits per heavy atom. The molecule has 170 valence electrons. The van der Waals surface area contributed by atoms with Gasteiger partial charge < -0.3 is 24.6 Å². The maximum absolute atomic E-state index is 12.9. The number of hydrogen-bond acceptors (Lipinski definition) is 4. The van der Waals surface area contributed by atoms with Gasteiger partial charge in [0, 0.05) is 31.9 Å². The fourth-order valence-corrected chi connectivity index (χ4v) is 4.07. The van der Waals surface area contributed by atoms with Gasteiger partial charge in [0.2, 0.25) is 6.10 Å². The van der Waals surface area contributed by atoms with Crippen LogP contribution in [0.25, 0.3) is 0 Å². The number of nitrogens with zero attached hydrogens (tertiary/aromatic N) is 2. The lowest BCUT2D eigenvalue weighted by Gasteiger charge is -2.37. The molecule has 1 unspecified atom stereocenters. The molecular formula is C25H31N3O4. The molecule has 4 rings (SSSR count). The highest BCUT2D eigenvalue weighted by molar-refractivity contribution is 5.90. The van der Waals surface area contributed by atoms with E-state index in [2.05, 4.69) is 24.4 Å². The molecule has 7 heteroatoms. The number of aryl methyl sites for hydroxylation is 2. The lowest BCUT2D eigenvalue weighted by Crippen LogP contribution is -2.55. The summed E-state index contributed by atoms with van der Waals surface area (Å²) < 4.78 is 11.5. The van der Waals surface area contributed by atoms with E-state index in [0.717, 1.165) is 17.7 Å². The first-order valence-corrected chi connectivity index (χ1v) is 11.4. The van der Waals surface area contributed by atoms with Gasteiger partial charge in [0.15, 0.2) is 11.5 Å². The number of piperazine rings is 1. The molecule has 2 aromatic carbocycles. The lowest BCUT2D eigenvalue weighted by molar-refractivity contribution is -0.142. The Morgan fingerprint density at radius 3 is 2.47 bits per heavy atom. The number of rotatable bonds is 5. The van der Waals surface area contributed by atoms with E-state index in [9.17, 15) is 9.59 Å². The molecule has 0 aliphatic carbocycles. The van der Waals surface area contributed by atoms with Gasteiger partial charge in [-0.25, -0.2) is 4.79 Å². The molecule has 2 aromatic rings. The Balaban J connectivity index is 1.28. The molecule has 1 fully saturated rings. The van der Waals surface area contributed by atoms with Crippen LogP contribution in [0.5, 0.6) is 11.5 Å². The minimum atomic E-state index is -0.654. The van der Waals surface area contributed by atoms with Gasteiger partial charge >= 0.3 is 6.03 Å². The smallest absolute Gasteiger partial charge is 0.321 e. The van der Waals surface area contributed by atoms with Crippen molar-refractivity contribution in [3.63, 3.8) is 0 Å². The van der Waals surface area contributed by atoms with Crippen molar-refractivity contribution in [3.05, 3.63) is 53.6 Å². The van der Waals surface area contributed by atoms with Crippen LogP contribution in [0, 0.1) is 6.92 Å². The van der Waals surface area contributed by atoms with Crippen LogP contribution in [0.2, 0.25) is 0 Å². The topological polar surface area (TPSA) is 71.1 Å². The number of benzene rings is 2. The van der Waals surface area contributed by atoms with E-state index in [1.54, 1.807) is 15.9 Å². The van der Waals surface area contributed by atoms with Gasteiger partial charge in [0.1, 0.15) is 6.61 Å². The fraction of sp³-hybridized carbons (Fsp3) is 0.440. The van der Waals surface area contributed by atoms with E-state index in [1.165, 1.54) is 18.4 Å². The Bertz CT molecular complexity index is 969. The minimum Gasteiger partial charge on any atom is -0.485 e. The van der Waals surface area contributed by atoms with Gasteiger partial charge in [-0.15, -0.1) is 0 Å². The summed E-state index contributed by atoms with van der Waals surface area (Å²) in [5.41, 5.74) is 3.20. The Morgan fingerprint density at radius 2 is 1.75 bits per heavy atom. The maximum Gasteiger partial charge on any atom is 0.321 e. The molecule has 0 aromatic heterocycles. The van der Waals surface area contributed by atoms with E-state index < -0.39 is 6.10 Å². The molecule has 1 N–H and O–H groups in total. The zero-order valence-electron chi connectivity index (χ0n) is 18.8. The molecule has 0 saturated carbocycles. The highest BCUT2D eigenvalue weighted by atomic mass is 16.6. The van der Waals surface area contributed by atoms with E-state index >= 15 is 0 Å². The predicted molar refractivity (Wildman–Crippen MR) is 123 cm³/mol. The normalized spacial score (nSPS) is 17.8. The molecule has 32 heavy (non-hydrogen) atoms. The number of urea groups is 1. The summed E-state index contributed by atoms with van der Waals surface area (Å²) in [6, 6.07) is 13.4. The second-order valence-corrected chi connectivity index (χ2v) is 8.36. The van der Waals surface area contributed by atoms with Crippen LogP contribution in [0.15, 0.2) is 42.5 Å². The van der Waals surface area contributed by atoms with Crippen LogP contribution < -0.4 is 14.8 Å². The fourth-order valence-electron chi connectivity index (χ4n) is 4.07. The zero-order valence-corrected chi connectivity index (χ0v) is 18.8. The summed E-state index contributed by atoms with van der Waals surface area (Å²) in [7, 11) is 0. The van der Waals surface area contributed by atoms with Gasteiger partial charge in [-0.3, -0.25) is 4.79 Å². The highest BCUT2D eigenvalue weighted by Crippen LogP contribution is 2.31. The standard InChI is InChI=1S/C25H31N3O4/c1-3-4-7-19-10-11-20(18(2)16-19)26-25(30)28-14-12-27(13-15-28)24(29)23-17-31-21-8-5-6-9-22(21)32-23/h5-6,8-11,16,23H,3-4,7,12-15,17H2,1-2H3,(H,26,30). The van der Waals surface area contributed by atoms with Crippen molar-refractivity contribution >= 4 is 17.6 Å². The number of nitrogens with one attached hydrogen (secondary N) is 1. The summed E-state index contributed by atoms with van der Waals surface area (Å²) in [6.07, 6.45) is 2.74. The number of carbonyl (C=O) groups excluding carboxylic acids is 2. The first-order chi connectivity index (χ1) is 15.5. The van der Waals surface area contributed by atoms with E-state index in [4.69, 9.17) is 9.47 Å². The van der Waals surface area contributed by atoms with Crippen molar-refractivity contribution in [2.24, 2.45) is 0 Å². The first kappa shape index (κ1) is 22.0. The van der Waals surface area contributed by atoms with Crippen LogP contribution >= 0.6 is 0 Å². The van der Waals surface area contributed by atoms with Crippen LogP contribution in [0.1, 0.15) is 30.9 Å². The summed E-state index contributed by atoms with van der Waals surface area (Å²) in [6.45, 7) is 6.32. The number of para-hydroxylation sites is 2. The molecule has 3 amide bonds. The molecule has 0 spiro atoms. The van der Waals surface area contributed by atoms with Crippen molar-refractivity contribution < 1.29 is 19.1 Å². The molecule has 0 radical (unpaired) electrons. The quantitative estimate of drug-likeness (QED) is 0.771. The SMILES string of the molecule is CCCCc1ccc(NC(=O)N2CCN(C(=O)C3COc4ccccc4O3)CC2)c(C)c1. The van der Waals surface area contributed by atoms with Crippen molar-refractivity contribution in [1.82, 2.24) is 9.80 Å². The molecule has 1 saturated heterocycles. The van der Waals surface area contributed by atoms with Crippen molar-refractivity contribution in [3.8, 4) is 11.5 Å². The van der Waals surface area contributed by atoms with Crippen LogP contribution in [0.3, 0.4) is 0 Å². The van der Waals surface area contributed by atoms with Crippen LogP contribution in [-0.4, -0.2) is 60.6 Å². The van der Waals surface area contributed by atoms with Gasteiger partial charge in [0.05, 0.1) is 0 Å². The van der Waals surface area contributed by atoms with E-state index in [1.807, 2.05) is 31.2 Å². The average molecular weight is 438 g/mol. The Kier molecular flexibility index (Phi) is 6.83. The number of anilines is 1. The number of unbranched alkanes of at least 4 members (excludes halogenated alkanes) is 1. The molecule has 2 aliphatic heterocycles. The summed E-state index contributed by atoms with van der Waals surface area (Å²) in [4.78, 5) is 29.1.